The molecule has 1 aromatic carbocycles. The average Bonchev–Trinajstić information content (AvgIpc) is 2.53. The van der Waals surface area contributed by atoms with Crippen molar-refractivity contribution < 1.29 is 14.3 Å². The van der Waals surface area contributed by atoms with Gasteiger partial charge in [0.15, 0.2) is 0 Å². The fraction of sp³-hybridized carbons (Fsp3) is 0.188. The third-order valence-corrected chi connectivity index (χ3v) is 3.39. The first-order chi connectivity index (χ1) is 10.9. The molecule has 0 saturated carbocycles. The number of benzene rings is 1. The summed E-state index contributed by atoms with van der Waals surface area (Å²) in [5, 5.41) is 13.0. The first-order valence-corrected chi connectivity index (χ1v) is 6.91. The van der Waals surface area contributed by atoms with E-state index in [0.29, 0.717) is 17.8 Å². The van der Waals surface area contributed by atoms with Crippen LogP contribution in [0.15, 0.2) is 40.9 Å². The quantitative estimate of drug-likeness (QED) is 0.656. The Morgan fingerprint density at radius 1 is 1.52 bits per heavy atom. The SMILES string of the molecule is C=C/C(C)=N\Nc1cc2c(cc1F)c(=O)c(C(=O)O)cn2CC. The van der Waals surface area contributed by atoms with E-state index in [1.54, 1.807) is 18.4 Å². The number of aromatic nitrogens is 1. The Bertz CT molecular complexity index is 884. The highest BCUT2D eigenvalue weighted by Crippen LogP contribution is 2.22. The van der Waals surface area contributed by atoms with Gasteiger partial charge in [-0.1, -0.05) is 6.58 Å². The molecule has 1 heterocycles. The highest BCUT2D eigenvalue weighted by atomic mass is 19.1. The van der Waals surface area contributed by atoms with Gasteiger partial charge >= 0.3 is 5.97 Å². The smallest absolute Gasteiger partial charge is 0.341 e. The molecule has 2 N–H and O–H groups in total. The Balaban J connectivity index is 2.72. The van der Waals surface area contributed by atoms with E-state index >= 15 is 0 Å². The van der Waals surface area contributed by atoms with Crippen LogP contribution in [0, 0.1) is 5.82 Å². The summed E-state index contributed by atoms with van der Waals surface area (Å²) in [4.78, 5) is 23.3. The number of pyridine rings is 1. The van der Waals surface area contributed by atoms with Gasteiger partial charge in [0.05, 0.1) is 16.9 Å². The van der Waals surface area contributed by atoms with Crippen LogP contribution in [0.1, 0.15) is 24.2 Å². The van der Waals surface area contributed by atoms with E-state index in [1.165, 1.54) is 18.3 Å². The second-order valence-corrected chi connectivity index (χ2v) is 4.88. The molecule has 0 aliphatic carbocycles. The normalized spacial score (nSPS) is 11.5. The number of nitrogens with zero attached hydrogens (tertiary/aromatic N) is 2. The fourth-order valence-electron chi connectivity index (χ4n) is 2.10. The van der Waals surface area contributed by atoms with Gasteiger partial charge in [0, 0.05) is 18.1 Å². The van der Waals surface area contributed by atoms with Crippen LogP contribution in [-0.2, 0) is 6.54 Å². The highest BCUT2D eigenvalue weighted by molar-refractivity contribution is 5.94. The van der Waals surface area contributed by atoms with Crippen LogP contribution >= 0.6 is 0 Å². The molecule has 0 aliphatic heterocycles. The number of nitrogens with one attached hydrogen (secondary N) is 1. The van der Waals surface area contributed by atoms with Gasteiger partial charge in [-0.3, -0.25) is 10.2 Å². The van der Waals surface area contributed by atoms with Gasteiger partial charge in [0.2, 0.25) is 5.43 Å². The van der Waals surface area contributed by atoms with Crippen molar-refractivity contribution in [2.24, 2.45) is 5.10 Å². The second kappa shape index (κ2) is 6.43. The van der Waals surface area contributed by atoms with Crippen LogP contribution in [0.2, 0.25) is 0 Å². The van der Waals surface area contributed by atoms with Gasteiger partial charge in [-0.2, -0.15) is 5.10 Å². The van der Waals surface area contributed by atoms with E-state index in [9.17, 15) is 14.0 Å². The van der Waals surface area contributed by atoms with Crippen LogP contribution < -0.4 is 10.9 Å². The maximum Gasteiger partial charge on any atom is 0.341 e. The molecule has 2 rings (SSSR count). The minimum Gasteiger partial charge on any atom is -0.477 e. The summed E-state index contributed by atoms with van der Waals surface area (Å²) >= 11 is 0. The van der Waals surface area contributed by atoms with Crippen LogP contribution in [0.5, 0.6) is 0 Å². The number of carbonyl (C=O) groups is 1. The number of aryl methyl sites for hydroxylation is 1. The number of fused-ring (bicyclic) bond motifs is 1. The molecule has 0 atom stereocenters. The molecule has 0 spiro atoms. The predicted octanol–water partition coefficient (Wildman–Crippen LogP) is 2.83. The van der Waals surface area contributed by atoms with Crippen molar-refractivity contribution in [3.05, 3.63) is 52.6 Å². The average molecular weight is 317 g/mol. The van der Waals surface area contributed by atoms with Gasteiger partial charge in [0.1, 0.15) is 11.4 Å². The summed E-state index contributed by atoms with van der Waals surface area (Å²) in [6.45, 7) is 7.46. The molecule has 1 aromatic heterocycles. The third kappa shape index (κ3) is 3.13. The summed E-state index contributed by atoms with van der Waals surface area (Å²) in [5.74, 6) is -2.03. The van der Waals surface area contributed by atoms with Gasteiger partial charge < -0.3 is 9.67 Å². The van der Waals surface area contributed by atoms with Gasteiger partial charge in [0.25, 0.3) is 0 Å². The molecule has 0 bridgehead atoms. The third-order valence-electron chi connectivity index (χ3n) is 3.39. The summed E-state index contributed by atoms with van der Waals surface area (Å²) in [5.41, 5.74) is 2.55. The van der Waals surface area contributed by atoms with Crippen molar-refractivity contribution in [1.82, 2.24) is 4.57 Å². The molecule has 0 radical (unpaired) electrons. The number of hydrogen-bond acceptors (Lipinski definition) is 4. The van der Waals surface area contributed by atoms with Crippen molar-refractivity contribution in [3.8, 4) is 0 Å². The van der Waals surface area contributed by atoms with E-state index in [-0.39, 0.29) is 16.6 Å². The lowest BCUT2D eigenvalue weighted by Gasteiger charge is -2.12. The van der Waals surface area contributed by atoms with Gasteiger partial charge in [-0.15, -0.1) is 0 Å². The van der Waals surface area contributed by atoms with Crippen LogP contribution in [0.3, 0.4) is 0 Å². The number of halogens is 1. The van der Waals surface area contributed by atoms with Crippen molar-refractivity contribution in [1.29, 1.82) is 0 Å². The lowest BCUT2D eigenvalue weighted by atomic mass is 10.1. The van der Waals surface area contributed by atoms with Crippen molar-refractivity contribution >= 4 is 28.3 Å². The minimum absolute atomic E-state index is 0.0132. The zero-order valence-electron chi connectivity index (χ0n) is 12.8. The number of anilines is 1. The van der Waals surface area contributed by atoms with E-state index in [0.717, 1.165) is 6.07 Å². The number of allylic oxidation sites excluding steroid dienone is 1. The first-order valence-electron chi connectivity index (χ1n) is 6.91. The maximum absolute atomic E-state index is 14.2. The number of hydrazone groups is 1. The van der Waals surface area contributed by atoms with Crippen LogP contribution in [-0.4, -0.2) is 21.4 Å². The van der Waals surface area contributed by atoms with Crippen LogP contribution in [0.25, 0.3) is 10.9 Å². The molecular weight excluding hydrogens is 301 g/mol. The first kappa shape index (κ1) is 16.4. The molecule has 2 aromatic rings. The fourth-order valence-corrected chi connectivity index (χ4v) is 2.10. The molecule has 0 unspecified atom stereocenters. The topological polar surface area (TPSA) is 83.7 Å². The van der Waals surface area contributed by atoms with E-state index in [2.05, 4.69) is 17.1 Å². The molecule has 0 fully saturated rings. The molecule has 0 aliphatic rings. The van der Waals surface area contributed by atoms with Crippen molar-refractivity contribution in [2.45, 2.75) is 20.4 Å². The summed E-state index contributed by atoms with van der Waals surface area (Å²) in [7, 11) is 0. The minimum atomic E-state index is -1.34. The lowest BCUT2D eigenvalue weighted by Crippen LogP contribution is -2.19. The Morgan fingerprint density at radius 3 is 2.78 bits per heavy atom. The summed E-state index contributed by atoms with van der Waals surface area (Å²) < 4.78 is 15.7. The predicted molar refractivity (Wildman–Crippen MR) is 87.7 cm³/mol. The molecule has 23 heavy (non-hydrogen) atoms. The van der Waals surface area contributed by atoms with Crippen LogP contribution in [0.4, 0.5) is 10.1 Å². The summed E-state index contributed by atoms with van der Waals surface area (Å²) in [6.07, 6.45) is 2.76. The Kier molecular flexibility index (Phi) is 4.59. The number of hydrogen-bond donors (Lipinski definition) is 2. The van der Waals surface area contributed by atoms with Crippen molar-refractivity contribution in [3.63, 3.8) is 0 Å². The largest absolute Gasteiger partial charge is 0.477 e. The monoisotopic (exact) mass is 317 g/mol. The maximum atomic E-state index is 14.2. The molecule has 7 heteroatoms. The standard InChI is InChI=1S/C16H16FN3O3/c1-4-9(3)18-19-13-7-14-10(6-12(13)17)15(21)11(16(22)23)8-20(14)5-2/h4,6-8,19H,1,5H2,2-3H3,(H,22,23)/b18-9-. The summed E-state index contributed by atoms with van der Waals surface area (Å²) in [6, 6.07) is 2.46. The van der Waals surface area contributed by atoms with Gasteiger partial charge in [-0.05, 0) is 32.1 Å². The number of carboxylic acids is 1. The van der Waals surface area contributed by atoms with E-state index in [4.69, 9.17) is 5.11 Å². The molecule has 0 amide bonds. The number of rotatable bonds is 5. The highest BCUT2D eigenvalue weighted by Gasteiger charge is 2.16. The van der Waals surface area contributed by atoms with Gasteiger partial charge in [-0.25, -0.2) is 9.18 Å². The molecular formula is C16H16FN3O3. The Hall–Kier alpha value is -2.96. The molecule has 0 saturated heterocycles. The zero-order valence-corrected chi connectivity index (χ0v) is 12.8. The number of carboxylic acid groups (broad SMARTS) is 1. The van der Waals surface area contributed by atoms with E-state index < -0.39 is 17.2 Å². The molecule has 120 valence electrons. The Labute approximate surface area is 131 Å². The lowest BCUT2D eigenvalue weighted by molar-refractivity contribution is 0.0695. The number of aromatic carboxylic acids is 1. The zero-order chi connectivity index (χ0) is 17.1. The molecule has 6 nitrogen and oxygen atoms in total. The van der Waals surface area contributed by atoms with Crippen molar-refractivity contribution in [2.75, 3.05) is 5.43 Å². The van der Waals surface area contributed by atoms with E-state index in [1.807, 2.05) is 0 Å². The second-order valence-electron chi connectivity index (χ2n) is 4.88. The Morgan fingerprint density at radius 2 is 2.22 bits per heavy atom.